The lowest BCUT2D eigenvalue weighted by molar-refractivity contribution is 0.0918. The fourth-order valence-electron chi connectivity index (χ4n) is 3.24. The van der Waals surface area contributed by atoms with E-state index in [4.69, 9.17) is 14.2 Å². The quantitative estimate of drug-likeness (QED) is 0.814. The summed E-state index contributed by atoms with van der Waals surface area (Å²) in [5.74, 6) is 2.33. The normalized spacial score (nSPS) is 18.4. The number of amides is 2. The van der Waals surface area contributed by atoms with Gasteiger partial charge in [-0.25, -0.2) is 9.78 Å². The summed E-state index contributed by atoms with van der Waals surface area (Å²) in [6.45, 7) is 4.16. The molecular formula is C20H24N4O4. The summed E-state index contributed by atoms with van der Waals surface area (Å²) < 4.78 is 16.9. The molecule has 0 saturated carbocycles. The number of ether oxygens (including phenoxy) is 3. The van der Waals surface area contributed by atoms with E-state index in [1.165, 1.54) is 0 Å². The molecule has 0 aliphatic carbocycles. The summed E-state index contributed by atoms with van der Waals surface area (Å²) in [7, 11) is 0. The van der Waals surface area contributed by atoms with Crippen molar-refractivity contribution >= 4 is 11.8 Å². The van der Waals surface area contributed by atoms with E-state index in [0.29, 0.717) is 38.7 Å². The molecule has 4 rings (SSSR count). The SMILES string of the molecule is O=C(NCc1cccnc1N1CCOCC1)NC[C@H]1COc2ccccc2O1. The van der Waals surface area contributed by atoms with Gasteiger partial charge in [0.05, 0.1) is 19.8 Å². The second kappa shape index (κ2) is 8.79. The van der Waals surface area contributed by atoms with Gasteiger partial charge in [0.2, 0.25) is 0 Å². The van der Waals surface area contributed by atoms with E-state index in [1.807, 2.05) is 36.4 Å². The van der Waals surface area contributed by atoms with Gasteiger partial charge >= 0.3 is 6.03 Å². The fourth-order valence-corrected chi connectivity index (χ4v) is 3.24. The number of benzene rings is 1. The molecule has 148 valence electrons. The van der Waals surface area contributed by atoms with E-state index in [9.17, 15) is 4.79 Å². The molecule has 2 aliphatic heterocycles. The number of aromatic nitrogens is 1. The van der Waals surface area contributed by atoms with Crippen LogP contribution in [0, 0.1) is 0 Å². The molecule has 0 unspecified atom stereocenters. The van der Waals surface area contributed by atoms with Gasteiger partial charge in [-0.15, -0.1) is 0 Å². The van der Waals surface area contributed by atoms with Gasteiger partial charge in [0.15, 0.2) is 17.6 Å². The molecule has 1 fully saturated rings. The molecule has 2 N–H and O–H groups in total. The third-order valence-corrected chi connectivity index (χ3v) is 4.68. The average Bonchev–Trinajstić information content (AvgIpc) is 2.77. The Bertz CT molecular complexity index is 810. The van der Waals surface area contributed by atoms with E-state index < -0.39 is 0 Å². The van der Waals surface area contributed by atoms with Gasteiger partial charge in [0, 0.05) is 31.4 Å². The van der Waals surface area contributed by atoms with Crippen molar-refractivity contribution in [3.8, 4) is 11.5 Å². The maximum absolute atomic E-state index is 12.2. The minimum Gasteiger partial charge on any atom is -0.486 e. The minimum absolute atomic E-state index is 0.219. The topological polar surface area (TPSA) is 85.0 Å². The third kappa shape index (κ3) is 4.45. The lowest BCUT2D eigenvalue weighted by atomic mass is 10.2. The lowest BCUT2D eigenvalue weighted by Crippen LogP contribution is -2.44. The number of anilines is 1. The summed E-state index contributed by atoms with van der Waals surface area (Å²) in [4.78, 5) is 18.9. The Labute approximate surface area is 163 Å². The molecule has 0 bridgehead atoms. The summed E-state index contributed by atoms with van der Waals surface area (Å²) in [6, 6.07) is 11.1. The maximum Gasteiger partial charge on any atom is 0.315 e. The van der Waals surface area contributed by atoms with E-state index >= 15 is 0 Å². The highest BCUT2D eigenvalue weighted by Crippen LogP contribution is 2.30. The van der Waals surface area contributed by atoms with Crippen LogP contribution < -0.4 is 25.0 Å². The summed E-state index contributed by atoms with van der Waals surface area (Å²) in [5.41, 5.74) is 0.978. The van der Waals surface area contributed by atoms with Crippen LogP contribution in [0.1, 0.15) is 5.56 Å². The van der Waals surface area contributed by atoms with Crippen molar-refractivity contribution in [3.63, 3.8) is 0 Å². The molecule has 1 aromatic heterocycles. The van der Waals surface area contributed by atoms with Gasteiger partial charge in [-0.2, -0.15) is 0 Å². The number of urea groups is 1. The van der Waals surface area contributed by atoms with Crippen LogP contribution >= 0.6 is 0 Å². The second-order valence-corrected chi connectivity index (χ2v) is 6.65. The molecule has 0 spiro atoms. The zero-order valence-corrected chi connectivity index (χ0v) is 15.6. The zero-order chi connectivity index (χ0) is 19.2. The molecule has 8 nitrogen and oxygen atoms in total. The standard InChI is InChI=1S/C20H24N4O4/c25-20(23-13-16-14-27-17-5-1-2-6-18(17)28-16)22-12-15-4-3-7-21-19(15)24-8-10-26-11-9-24/h1-7,16H,8-14H2,(H2,22,23,25)/t16-/m0/s1. The number of morpholine rings is 1. The van der Waals surface area contributed by atoms with Crippen LogP contribution in [-0.2, 0) is 11.3 Å². The molecular weight excluding hydrogens is 360 g/mol. The van der Waals surface area contributed by atoms with Gasteiger partial charge in [-0.05, 0) is 18.2 Å². The predicted molar refractivity (Wildman–Crippen MR) is 104 cm³/mol. The fraction of sp³-hybridized carbons (Fsp3) is 0.400. The number of rotatable bonds is 5. The Kier molecular flexibility index (Phi) is 5.77. The average molecular weight is 384 g/mol. The van der Waals surface area contributed by atoms with Crippen molar-refractivity contribution in [2.24, 2.45) is 0 Å². The molecule has 0 radical (unpaired) electrons. The predicted octanol–water partition coefficient (Wildman–Crippen LogP) is 1.56. The zero-order valence-electron chi connectivity index (χ0n) is 15.6. The molecule has 1 saturated heterocycles. The first-order valence-electron chi connectivity index (χ1n) is 9.46. The highest BCUT2D eigenvalue weighted by atomic mass is 16.6. The number of carbonyl (C=O) groups excluding carboxylic acids is 1. The van der Waals surface area contributed by atoms with Crippen molar-refractivity contribution < 1.29 is 19.0 Å². The Morgan fingerprint density at radius 3 is 2.79 bits per heavy atom. The molecule has 1 aromatic carbocycles. The summed E-state index contributed by atoms with van der Waals surface area (Å²) in [5, 5.41) is 5.74. The van der Waals surface area contributed by atoms with Crippen LogP contribution in [0.5, 0.6) is 11.5 Å². The Hall–Kier alpha value is -3.00. The number of nitrogens with one attached hydrogen (secondary N) is 2. The van der Waals surface area contributed by atoms with Crippen LogP contribution in [0.15, 0.2) is 42.6 Å². The first kappa shape index (κ1) is 18.4. The number of hydrogen-bond donors (Lipinski definition) is 2. The van der Waals surface area contributed by atoms with Gasteiger partial charge in [-0.1, -0.05) is 18.2 Å². The Morgan fingerprint density at radius 2 is 1.93 bits per heavy atom. The number of pyridine rings is 1. The molecule has 2 aliphatic rings. The number of carbonyl (C=O) groups is 1. The van der Waals surface area contributed by atoms with Gasteiger partial charge in [0.1, 0.15) is 12.4 Å². The lowest BCUT2D eigenvalue weighted by Gasteiger charge is -2.29. The van der Waals surface area contributed by atoms with Crippen LogP contribution in [-0.4, -0.2) is 56.6 Å². The first-order chi connectivity index (χ1) is 13.8. The molecule has 2 aromatic rings. The highest BCUT2D eigenvalue weighted by molar-refractivity contribution is 5.74. The highest BCUT2D eigenvalue weighted by Gasteiger charge is 2.21. The monoisotopic (exact) mass is 384 g/mol. The molecule has 8 heteroatoms. The number of para-hydroxylation sites is 2. The van der Waals surface area contributed by atoms with Crippen molar-refractivity contribution in [2.45, 2.75) is 12.6 Å². The number of nitrogens with zero attached hydrogens (tertiary/aromatic N) is 2. The van der Waals surface area contributed by atoms with Crippen LogP contribution in [0.3, 0.4) is 0 Å². The van der Waals surface area contributed by atoms with E-state index in [-0.39, 0.29) is 12.1 Å². The summed E-state index contributed by atoms with van der Waals surface area (Å²) in [6.07, 6.45) is 1.55. The van der Waals surface area contributed by atoms with E-state index in [1.54, 1.807) is 6.20 Å². The number of fused-ring (bicyclic) bond motifs is 1. The maximum atomic E-state index is 12.2. The molecule has 3 heterocycles. The number of hydrogen-bond acceptors (Lipinski definition) is 6. The third-order valence-electron chi connectivity index (χ3n) is 4.68. The summed E-state index contributed by atoms with van der Waals surface area (Å²) >= 11 is 0. The Balaban J connectivity index is 1.26. The Morgan fingerprint density at radius 1 is 1.11 bits per heavy atom. The van der Waals surface area contributed by atoms with E-state index in [2.05, 4.69) is 20.5 Å². The van der Waals surface area contributed by atoms with Crippen molar-refractivity contribution in [2.75, 3.05) is 44.4 Å². The second-order valence-electron chi connectivity index (χ2n) is 6.65. The van der Waals surface area contributed by atoms with E-state index in [0.717, 1.165) is 30.2 Å². The smallest absolute Gasteiger partial charge is 0.315 e. The van der Waals surface area contributed by atoms with Crippen LogP contribution in [0.4, 0.5) is 10.6 Å². The van der Waals surface area contributed by atoms with Crippen LogP contribution in [0.2, 0.25) is 0 Å². The molecule has 1 atom stereocenters. The van der Waals surface area contributed by atoms with Crippen LogP contribution in [0.25, 0.3) is 0 Å². The first-order valence-corrected chi connectivity index (χ1v) is 9.46. The van der Waals surface area contributed by atoms with Gasteiger partial charge in [0.25, 0.3) is 0 Å². The molecule has 2 amide bonds. The van der Waals surface area contributed by atoms with Crippen molar-refractivity contribution in [3.05, 3.63) is 48.2 Å². The van der Waals surface area contributed by atoms with Crippen molar-refractivity contribution in [1.82, 2.24) is 15.6 Å². The van der Waals surface area contributed by atoms with Gasteiger partial charge in [-0.3, -0.25) is 0 Å². The minimum atomic E-state index is -0.251. The molecule has 28 heavy (non-hydrogen) atoms. The largest absolute Gasteiger partial charge is 0.486 e. The van der Waals surface area contributed by atoms with Crippen molar-refractivity contribution in [1.29, 1.82) is 0 Å². The van der Waals surface area contributed by atoms with Gasteiger partial charge < -0.3 is 29.7 Å².